The molecule has 35 atom stereocenters. The first-order chi connectivity index (χ1) is 36.7. The van der Waals surface area contributed by atoms with E-state index < -0.39 is 261 Å². The van der Waals surface area contributed by atoms with Crippen LogP contribution in [-0.2, 0) is 66.3 Å². The summed E-state index contributed by atoms with van der Waals surface area (Å²) < 4.78 is 79.5. The molecular weight excluding hydrogens is 1060 g/mol. The Morgan fingerprint density at radius 1 is 0.156 bits per heavy atom. The molecule has 21 heterocycles. The average Bonchev–Trinajstić information content (AvgIpc) is 3.47. The van der Waals surface area contributed by atoms with Gasteiger partial charge in [0.25, 0.3) is 0 Å². The van der Waals surface area contributed by atoms with E-state index in [1.807, 2.05) is 0 Å². The Kier molecular flexibility index (Phi) is 20.8. The topological polar surface area (TPSA) is 554 Å². The molecule has 0 aliphatic carbocycles. The molecule has 21 saturated heterocycles. The minimum Gasteiger partial charge on any atom is -0.394 e. The van der Waals surface area contributed by atoms with Gasteiger partial charge in [0.2, 0.25) is 0 Å². The molecule has 14 bridgehead atoms. The number of hydrogen-bond acceptors (Lipinski definition) is 35. The van der Waals surface area contributed by atoms with Crippen molar-refractivity contribution >= 4 is 0 Å². The second kappa shape index (κ2) is 26.0. The summed E-state index contributed by atoms with van der Waals surface area (Å²) in [6.07, 6.45) is -70.2. The third kappa shape index (κ3) is 12.1. The summed E-state index contributed by atoms with van der Waals surface area (Å²) in [4.78, 5) is 0. The first kappa shape index (κ1) is 61.7. The van der Waals surface area contributed by atoms with Crippen molar-refractivity contribution in [1.82, 2.24) is 0 Å². The molecule has 0 aromatic carbocycles. The maximum absolute atomic E-state index is 11.3. The van der Waals surface area contributed by atoms with Crippen molar-refractivity contribution in [2.24, 2.45) is 0 Å². The lowest BCUT2D eigenvalue weighted by Gasteiger charge is -2.50. The highest BCUT2D eigenvalue weighted by Gasteiger charge is 2.59. The average molecular weight is 1130 g/mol. The van der Waals surface area contributed by atoms with Gasteiger partial charge in [-0.2, -0.15) is 0 Å². The van der Waals surface area contributed by atoms with Crippen LogP contribution in [0, 0.1) is 0 Å². The van der Waals surface area contributed by atoms with Crippen LogP contribution in [0.15, 0.2) is 0 Å². The molecule has 21 fully saturated rings. The molecule has 21 rings (SSSR count). The van der Waals surface area contributed by atoms with Crippen LogP contribution in [0.5, 0.6) is 0 Å². The largest absolute Gasteiger partial charge is 0.394 e. The number of rotatable bonds is 7. The molecule has 0 amide bonds. The maximum atomic E-state index is 11.3. The molecule has 21 N–H and O–H groups in total. The van der Waals surface area contributed by atoms with Crippen molar-refractivity contribution in [3.05, 3.63) is 0 Å². The minimum absolute atomic E-state index is 1.05. The molecule has 0 aromatic rings. The predicted molar refractivity (Wildman–Crippen MR) is 228 cm³/mol. The van der Waals surface area contributed by atoms with Crippen molar-refractivity contribution in [2.75, 3.05) is 46.2 Å². The van der Waals surface area contributed by atoms with Gasteiger partial charge < -0.3 is 174 Å². The summed E-state index contributed by atoms with van der Waals surface area (Å²) in [6.45, 7) is -7.33. The first-order valence-corrected chi connectivity index (χ1v) is 24.6. The molecule has 14 unspecified atom stereocenters. The van der Waals surface area contributed by atoms with Crippen LogP contribution in [-0.4, -0.2) is 368 Å². The fourth-order valence-electron chi connectivity index (χ4n) is 10.4. The Labute approximate surface area is 434 Å². The van der Waals surface area contributed by atoms with E-state index in [1.165, 1.54) is 0 Å². The predicted octanol–water partition coefficient (Wildman–Crippen LogP) is -15.2. The molecule has 35 heteroatoms. The maximum Gasteiger partial charge on any atom is 0.187 e. The van der Waals surface area contributed by atoms with E-state index in [0.29, 0.717) is 0 Å². The van der Waals surface area contributed by atoms with Crippen LogP contribution in [0.25, 0.3) is 0 Å². The zero-order chi connectivity index (χ0) is 56.1. The monoisotopic (exact) mass is 1130 g/mol. The number of aliphatic hydroxyl groups excluding tert-OH is 21. The first-order valence-electron chi connectivity index (χ1n) is 24.6. The van der Waals surface area contributed by atoms with Crippen molar-refractivity contribution in [3.8, 4) is 0 Å². The van der Waals surface area contributed by atoms with Gasteiger partial charge in [-0.25, -0.2) is 0 Å². The van der Waals surface area contributed by atoms with Gasteiger partial charge in [0.05, 0.1) is 46.2 Å². The second-order valence-corrected chi connectivity index (χ2v) is 19.7. The smallest absolute Gasteiger partial charge is 0.187 e. The van der Waals surface area contributed by atoms with E-state index in [1.54, 1.807) is 0 Å². The molecular formula is C42H70O35. The van der Waals surface area contributed by atoms with Crippen LogP contribution in [0.4, 0.5) is 0 Å². The standard InChI is InChI=1S/C42H70O35/c43-1-8-29-15(50)22(57)36(64-8)72-30-9(2-44)66-38(24(59)17(30)52)74-32-11(4-46)68-40(26(61)19(32)54)76-34-13(6-48)70-42(28(63)21(34)56)77-35-14(7-49)69-41(27(62)20(35)55)75-33-12(5-47)67-39(25(60)18(33)53)73-31-10(3-45)65-37(71-29)23(58)16(31)51/h8-63H,1-7H2/t8?,9?,10?,11?,12?,13?,14?,15-,16-,17-,18-,19+,20+,21-,22?,23?,24?,25?,26?,27?,28?,29-,30-,31-,32-,33-,34-,35-,36-,37-,38-,39+,40-,41+,42+/m1/s1. The highest BCUT2D eigenvalue weighted by Crippen LogP contribution is 2.39. The third-order valence-electron chi connectivity index (χ3n) is 14.8. The molecule has 0 radical (unpaired) electrons. The van der Waals surface area contributed by atoms with Crippen molar-refractivity contribution in [2.45, 2.75) is 215 Å². The van der Waals surface area contributed by atoms with Crippen LogP contribution >= 0.6 is 0 Å². The molecule has 21 aliphatic heterocycles. The molecule has 77 heavy (non-hydrogen) atoms. The summed E-state index contributed by atoms with van der Waals surface area (Å²) in [5, 5.41) is 230. The summed E-state index contributed by atoms with van der Waals surface area (Å²) in [6, 6.07) is 0. The minimum atomic E-state index is -2.21. The Bertz CT molecular complexity index is 1470. The molecule has 0 aromatic heterocycles. The summed E-state index contributed by atoms with van der Waals surface area (Å²) in [7, 11) is 0. The summed E-state index contributed by atoms with van der Waals surface area (Å²) >= 11 is 0. The van der Waals surface area contributed by atoms with Crippen LogP contribution in [0.3, 0.4) is 0 Å². The zero-order valence-corrected chi connectivity index (χ0v) is 40.3. The second-order valence-electron chi connectivity index (χ2n) is 19.7. The SMILES string of the molecule is OCC1O[C@@H]2O[C@@H]3C(CO)O[C@H](O[C@@H]4C(CO)O[C@H](O[C@@H]5C(CO)O[C@@H](O[C@@H]6C(CO)O[C@@H](O[C@@H]7C(CO)O[C@@H](O[C@@H]8C(CO)O[C@H](O[C@H]1[C@H](O)C2O)C(O)[C@H]8O)C(O)[C@H]7O)C(O)[C@@H]6O)C(O)[C@H]5O)C(O)[C@@H]4O)C(O)[C@H]3O. The van der Waals surface area contributed by atoms with Gasteiger partial charge in [-0.15, -0.1) is 0 Å². The van der Waals surface area contributed by atoms with E-state index in [0.717, 1.165) is 0 Å². The van der Waals surface area contributed by atoms with Gasteiger partial charge in [0.1, 0.15) is 171 Å². The van der Waals surface area contributed by atoms with Gasteiger partial charge in [-0.1, -0.05) is 0 Å². The highest BCUT2D eigenvalue weighted by molar-refractivity contribution is 5.01. The van der Waals surface area contributed by atoms with Gasteiger partial charge in [-0.3, -0.25) is 0 Å². The van der Waals surface area contributed by atoms with E-state index in [9.17, 15) is 107 Å². The van der Waals surface area contributed by atoms with Crippen molar-refractivity contribution < 1.29 is 174 Å². The van der Waals surface area contributed by atoms with Gasteiger partial charge >= 0.3 is 0 Å². The Balaban J connectivity index is 1.08. The number of aliphatic hydroxyl groups is 21. The van der Waals surface area contributed by atoms with Crippen molar-refractivity contribution in [3.63, 3.8) is 0 Å². The quantitative estimate of drug-likeness (QED) is 0.113. The molecule has 448 valence electrons. The van der Waals surface area contributed by atoms with Gasteiger partial charge in [0, 0.05) is 0 Å². The summed E-state index contributed by atoms with van der Waals surface area (Å²) in [5.41, 5.74) is 0. The normalized spacial score (nSPS) is 55.4. The van der Waals surface area contributed by atoms with E-state index in [-0.39, 0.29) is 0 Å². The molecule has 35 nitrogen and oxygen atoms in total. The Morgan fingerprint density at radius 3 is 0.351 bits per heavy atom. The molecule has 0 saturated carbocycles. The lowest BCUT2D eigenvalue weighted by Crippen LogP contribution is -2.68. The molecule has 21 aliphatic rings. The highest BCUT2D eigenvalue weighted by atomic mass is 16.8. The van der Waals surface area contributed by atoms with Gasteiger partial charge in [0.15, 0.2) is 44.0 Å². The van der Waals surface area contributed by atoms with Crippen LogP contribution in [0.2, 0.25) is 0 Å². The van der Waals surface area contributed by atoms with E-state index in [2.05, 4.69) is 0 Å². The lowest BCUT2D eigenvalue weighted by molar-refractivity contribution is -0.396. The number of hydrogen-bond donors (Lipinski definition) is 21. The van der Waals surface area contributed by atoms with E-state index in [4.69, 9.17) is 66.3 Å². The van der Waals surface area contributed by atoms with Crippen LogP contribution in [0.1, 0.15) is 0 Å². The third-order valence-corrected chi connectivity index (χ3v) is 14.8. The molecule has 0 spiro atoms. The zero-order valence-electron chi connectivity index (χ0n) is 40.3. The summed E-state index contributed by atoms with van der Waals surface area (Å²) in [5.74, 6) is 0. The fraction of sp³-hybridized carbons (Fsp3) is 1.00. The lowest BCUT2D eigenvalue weighted by atomic mass is 9.95. The van der Waals surface area contributed by atoms with E-state index >= 15 is 0 Å². The number of ether oxygens (including phenoxy) is 14. The fourth-order valence-corrected chi connectivity index (χ4v) is 10.4. The van der Waals surface area contributed by atoms with Crippen LogP contribution < -0.4 is 0 Å². The Morgan fingerprint density at radius 2 is 0.260 bits per heavy atom. The van der Waals surface area contributed by atoms with Gasteiger partial charge in [-0.05, 0) is 0 Å². The van der Waals surface area contributed by atoms with Crippen molar-refractivity contribution in [1.29, 1.82) is 0 Å². The Hall–Kier alpha value is -1.40.